The molecule has 1 atom stereocenters. The summed E-state index contributed by atoms with van der Waals surface area (Å²) in [5.74, 6) is 0.983. The van der Waals surface area contributed by atoms with Gasteiger partial charge < -0.3 is 5.73 Å². The number of rotatable bonds is 0. The van der Waals surface area contributed by atoms with E-state index in [2.05, 4.69) is 30.7 Å². The third-order valence-corrected chi connectivity index (χ3v) is 3.01. The van der Waals surface area contributed by atoms with E-state index in [0.29, 0.717) is 17.3 Å². The predicted molar refractivity (Wildman–Crippen MR) is 57.0 cm³/mol. The molecule has 1 heterocycles. The molecule has 2 rings (SSSR count). The van der Waals surface area contributed by atoms with Gasteiger partial charge in [-0.05, 0) is 29.7 Å². The van der Waals surface area contributed by atoms with Crippen LogP contribution in [0, 0.1) is 5.41 Å². The molecule has 0 amide bonds. The van der Waals surface area contributed by atoms with Crippen LogP contribution in [0.5, 0.6) is 0 Å². The molecule has 0 spiro atoms. The molecule has 0 radical (unpaired) electrons. The first-order chi connectivity index (χ1) is 6.48. The zero-order chi connectivity index (χ0) is 10.3. The van der Waals surface area contributed by atoms with Gasteiger partial charge in [-0.25, -0.2) is 9.97 Å². The highest BCUT2D eigenvalue weighted by molar-refractivity contribution is 5.33. The first-order valence-electron chi connectivity index (χ1n) is 5.10. The third kappa shape index (κ3) is 1.47. The largest absolute Gasteiger partial charge is 0.368 e. The zero-order valence-corrected chi connectivity index (χ0v) is 9.04. The number of nitrogen functional groups attached to an aromatic ring is 1. The van der Waals surface area contributed by atoms with Gasteiger partial charge in [-0.3, -0.25) is 0 Å². The molecule has 2 N–H and O–H groups in total. The van der Waals surface area contributed by atoms with Crippen molar-refractivity contribution in [2.45, 2.75) is 39.5 Å². The first kappa shape index (κ1) is 9.44. The van der Waals surface area contributed by atoms with Crippen molar-refractivity contribution in [3.63, 3.8) is 0 Å². The number of nitrogens with two attached hydrogens (primary N) is 1. The van der Waals surface area contributed by atoms with Crippen molar-refractivity contribution in [3.8, 4) is 0 Å². The van der Waals surface area contributed by atoms with Gasteiger partial charge >= 0.3 is 0 Å². The second kappa shape index (κ2) is 2.94. The van der Waals surface area contributed by atoms with E-state index >= 15 is 0 Å². The van der Waals surface area contributed by atoms with Crippen LogP contribution >= 0.6 is 0 Å². The fraction of sp³-hybridized carbons (Fsp3) is 0.636. The lowest BCUT2D eigenvalue weighted by molar-refractivity contribution is 0.318. The molecule has 0 bridgehead atoms. The topological polar surface area (TPSA) is 51.8 Å². The Morgan fingerprint density at radius 3 is 2.79 bits per heavy atom. The van der Waals surface area contributed by atoms with Crippen LogP contribution in [-0.2, 0) is 6.42 Å². The Morgan fingerprint density at radius 2 is 2.14 bits per heavy atom. The van der Waals surface area contributed by atoms with Crippen molar-refractivity contribution < 1.29 is 0 Å². The van der Waals surface area contributed by atoms with Crippen molar-refractivity contribution in [1.29, 1.82) is 0 Å². The molecule has 0 fully saturated rings. The Labute approximate surface area is 84.8 Å². The standard InChI is InChI=1S/C11H17N3/c1-11(2,3)8-4-5-9-7(8)6-13-10(12)14-9/h6,8H,4-5H2,1-3H3,(H2,12,13,14). The summed E-state index contributed by atoms with van der Waals surface area (Å²) in [6, 6.07) is 0. The molecule has 1 aliphatic carbocycles. The fourth-order valence-electron chi connectivity index (χ4n) is 2.27. The second-order valence-electron chi connectivity index (χ2n) is 5.09. The summed E-state index contributed by atoms with van der Waals surface area (Å²) in [4.78, 5) is 8.37. The molecule has 1 aliphatic rings. The Hall–Kier alpha value is -1.12. The van der Waals surface area contributed by atoms with E-state index < -0.39 is 0 Å². The number of nitrogens with zero attached hydrogens (tertiary/aromatic N) is 2. The molecule has 0 aromatic carbocycles. The van der Waals surface area contributed by atoms with Gasteiger partial charge in [0.05, 0.1) is 0 Å². The van der Waals surface area contributed by atoms with Crippen LogP contribution in [0.1, 0.15) is 44.4 Å². The minimum atomic E-state index is 0.296. The molecule has 1 unspecified atom stereocenters. The highest BCUT2D eigenvalue weighted by Gasteiger charge is 2.33. The lowest BCUT2D eigenvalue weighted by Crippen LogP contribution is -2.16. The average Bonchev–Trinajstić information content (AvgIpc) is 2.45. The van der Waals surface area contributed by atoms with Gasteiger partial charge in [0.2, 0.25) is 5.95 Å². The number of anilines is 1. The Kier molecular flexibility index (Phi) is 1.98. The number of aromatic nitrogens is 2. The van der Waals surface area contributed by atoms with Crippen molar-refractivity contribution in [2.75, 3.05) is 5.73 Å². The van der Waals surface area contributed by atoms with E-state index in [1.54, 1.807) is 0 Å². The van der Waals surface area contributed by atoms with E-state index in [4.69, 9.17) is 5.73 Å². The maximum Gasteiger partial charge on any atom is 0.220 e. The van der Waals surface area contributed by atoms with Crippen LogP contribution in [-0.4, -0.2) is 9.97 Å². The van der Waals surface area contributed by atoms with Crippen LogP contribution in [0.3, 0.4) is 0 Å². The molecule has 3 heteroatoms. The maximum absolute atomic E-state index is 5.56. The summed E-state index contributed by atoms with van der Waals surface area (Å²) in [6.07, 6.45) is 4.13. The van der Waals surface area contributed by atoms with Gasteiger partial charge in [-0.15, -0.1) is 0 Å². The van der Waals surface area contributed by atoms with Gasteiger partial charge in [0.1, 0.15) is 0 Å². The van der Waals surface area contributed by atoms with Crippen molar-refractivity contribution >= 4 is 5.95 Å². The maximum atomic E-state index is 5.56. The lowest BCUT2D eigenvalue weighted by Gasteiger charge is -2.27. The van der Waals surface area contributed by atoms with E-state index in [1.807, 2.05) is 6.20 Å². The molecule has 3 nitrogen and oxygen atoms in total. The molecule has 0 saturated carbocycles. The van der Waals surface area contributed by atoms with Crippen molar-refractivity contribution in [1.82, 2.24) is 9.97 Å². The number of hydrogen-bond acceptors (Lipinski definition) is 3. The van der Waals surface area contributed by atoms with Gasteiger partial charge in [0.25, 0.3) is 0 Å². The Morgan fingerprint density at radius 1 is 1.43 bits per heavy atom. The van der Waals surface area contributed by atoms with Crippen LogP contribution in [0.15, 0.2) is 6.20 Å². The molecular weight excluding hydrogens is 174 g/mol. The molecule has 1 aromatic heterocycles. The highest BCUT2D eigenvalue weighted by atomic mass is 15.0. The molecular formula is C11H17N3. The summed E-state index contributed by atoms with van der Waals surface area (Å²) >= 11 is 0. The monoisotopic (exact) mass is 191 g/mol. The van der Waals surface area contributed by atoms with Crippen LogP contribution in [0.25, 0.3) is 0 Å². The van der Waals surface area contributed by atoms with E-state index in [0.717, 1.165) is 12.1 Å². The molecule has 76 valence electrons. The highest BCUT2D eigenvalue weighted by Crippen LogP contribution is 2.43. The molecule has 14 heavy (non-hydrogen) atoms. The Bertz CT molecular complexity index is 352. The third-order valence-electron chi connectivity index (χ3n) is 3.01. The van der Waals surface area contributed by atoms with Crippen LogP contribution in [0.2, 0.25) is 0 Å². The average molecular weight is 191 g/mol. The first-order valence-corrected chi connectivity index (χ1v) is 5.10. The summed E-state index contributed by atoms with van der Waals surface area (Å²) in [5.41, 5.74) is 8.31. The van der Waals surface area contributed by atoms with Crippen LogP contribution < -0.4 is 5.73 Å². The quantitative estimate of drug-likeness (QED) is 0.683. The van der Waals surface area contributed by atoms with Crippen molar-refractivity contribution in [2.24, 2.45) is 5.41 Å². The van der Waals surface area contributed by atoms with E-state index in [1.165, 1.54) is 12.0 Å². The summed E-state index contributed by atoms with van der Waals surface area (Å²) in [5, 5.41) is 0. The molecule has 1 aromatic rings. The van der Waals surface area contributed by atoms with Crippen LogP contribution in [0.4, 0.5) is 5.95 Å². The zero-order valence-electron chi connectivity index (χ0n) is 9.04. The minimum Gasteiger partial charge on any atom is -0.368 e. The van der Waals surface area contributed by atoms with Gasteiger partial charge in [-0.1, -0.05) is 20.8 Å². The number of fused-ring (bicyclic) bond motifs is 1. The van der Waals surface area contributed by atoms with Gasteiger partial charge in [0, 0.05) is 11.9 Å². The summed E-state index contributed by atoms with van der Waals surface area (Å²) in [7, 11) is 0. The lowest BCUT2D eigenvalue weighted by atomic mass is 9.78. The van der Waals surface area contributed by atoms with Gasteiger partial charge in [0.15, 0.2) is 0 Å². The summed E-state index contributed by atoms with van der Waals surface area (Å²) < 4.78 is 0. The van der Waals surface area contributed by atoms with Gasteiger partial charge in [-0.2, -0.15) is 0 Å². The fourth-order valence-corrected chi connectivity index (χ4v) is 2.27. The van der Waals surface area contributed by atoms with E-state index in [9.17, 15) is 0 Å². The van der Waals surface area contributed by atoms with Crippen molar-refractivity contribution in [3.05, 3.63) is 17.5 Å². The number of aryl methyl sites for hydroxylation is 1. The normalized spacial score (nSPS) is 20.9. The predicted octanol–water partition coefficient (Wildman–Crippen LogP) is 2.13. The SMILES string of the molecule is CC(C)(C)C1CCc2nc(N)ncc21. The smallest absolute Gasteiger partial charge is 0.220 e. The number of hydrogen-bond donors (Lipinski definition) is 1. The molecule has 0 saturated heterocycles. The second-order valence-corrected chi connectivity index (χ2v) is 5.09. The summed E-state index contributed by atoms with van der Waals surface area (Å²) in [6.45, 7) is 6.80. The van der Waals surface area contributed by atoms with E-state index in [-0.39, 0.29) is 0 Å². The minimum absolute atomic E-state index is 0.296. The Balaban J connectivity index is 2.41. The molecule has 0 aliphatic heterocycles.